The maximum absolute atomic E-state index is 5.57. The van der Waals surface area contributed by atoms with Crippen molar-refractivity contribution in [2.45, 2.75) is 6.54 Å². The fourth-order valence-corrected chi connectivity index (χ4v) is 0.800. The Labute approximate surface area is 74.9 Å². The van der Waals surface area contributed by atoms with Gasteiger partial charge < -0.3 is 0 Å². The number of isothiocyanates is 1. The quantitative estimate of drug-likeness (QED) is 0.401. The zero-order chi connectivity index (χ0) is 8.10. The Balaban J connectivity index is 2.73. The molecule has 0 saturated heterocycles. The summed E-state index contributed by atoms with van der Waals surface area (Å²) >= 11 is 9.98. The largest absolute Gasteiger partial charge is 0.244 e. The lowest BCUT2D eigenvalue weighted by molar-refractivity contribution is 1.06. The van der Waals surface area contributed by atoms with Crippen molar-refractivity contribution in [1.29, 1.82) is 0 Å². The minimum absolute atomic E-state index is 0.486. The standard InChI is InChI=1S/C7H5ClN2S/c8-7-2-1-6(4-10-7)3-9-5-11/h1-2,4H,3H2. The van der Waals surface area contributed by atoms with E-state index in [-0.39, 0.29) is 0 Å². The first-order chi connectivity index (χ1) is 5.33. The Morgan fingerprint density at radius 3 is 3.00 bits per heavy atom. The second-order valence-corrected chi connectivity index (χ2v) is 2.47. The molecule has 0 amide bonds. The minimum atomic E-state index is 0.486. The van der Waals surface area contributed by atoms with E-state index in [9.17, 15) is 0 Å². The molecule has 1 rings (SSSR count). The summed E-state index contributed by atoms with van der Waals surface area (Å²) < 4.78 is 0. The van der Waals surface area contributed by atoms with Crippen LogP contribution in [0.25, 0.3) is 0 Å². The second kappa shape index (κ2) is 4.19. The van der Waals surface area contributed by atoms with E-state index in [1.165, 1.54) is 0 Å². The molecular weight excluding hydrogens is 180 g/mol. The maximum atomic E-state index is 5.57. The van der Waals surface area contributed by atoms with E-state index in [2.05, 4.69) is 27.4 Å². The van der Waals surface area contributed by atoms with Crippen LogP contribution in [-0.2, 0) is 6.54 Å². The van der Waals surface area contributed by atoms with E-state index in [1.54, 1.807) is 12.3 Å². The summed E-state index contributed by atoms with van der Waals surface area (Å²) in [7, 11) is 0. The number of halogens is 1. The summed E-state index contributed by atoms with van der Waals surface area (Å²) in [5, 5.41) is 2.76. The van der Waals surface area contributed by atoms with Crippen molar-refractivity contribution >= 4 is 29.0 Å². The van der Waals surface area contributed by atoms with Crippen LogP contribution < -0.4 is 0 Å². The summed E-state index contributed by atoms with van der Waals surface area (Å²) in [5.74, 6) is 0. The fourth-order valence-electron chi connectivity index (χ4n) is 0.624. The summed E-state index contributed by atoms with van der Waals surface area (Å²) in [5.41, 5.74) is 0.978. The minimum Gasteiger partial charge on any atom is -0.244 e. The summed E-state index contributed by atoms with van der Waals surface area (Å²) in [6.07, 6.45) is 1.67. The highest BCUT2D eigenvalue weighted by Gasteiger charge is 1.90. The van der Waals surface area contributed by atoms with Crippen LogP contribution in [0.3, 0.4) is 0 Å². The van der Waals surface area contributed by atoms with Gasteiger partial charge in [0.15, 0.2) is 0 Å². The van der Waals surface area contributed by atoms with Gasteiger partial charge in [-0.3, -0.25) is 0 Å². The topological polar surface area (TPSA) is 25.2 Å². The van der Waals surface area contributed by atoms with E-state index in [1.807, 2.05) is 6.07 Å². The van der Waals surface area contributed by atoms with Crippen LogP contribution in [0.2, 0.25) is 5.15 Å². The fraction of sp³-hybridized carbons (Fsp3) is 0.143. The van der Waals surface area contributed by atoms with Gasteiger partial charge in [-0.05, 0) is 23.8 Å². The number of nitrogens with zero attached hydrogens (tertiary/aromatic N) is 2. The van der Waals surface area contributed by atoms with Crippen molar-refractivity contribution in [2.75, 3.05) is 0 Å². The first-order valence-electron chi connectivity index (χ1n) is 2.97. The zero-order valence-electron chi connectivity index (χ0n) is 5.62. The molecule has 0 aliphatic carbocycles. The molecule has 0 unspecified atom stereocenters. The number of aromatic nitrogens is 1. The van der Waals surface area contributed by atoms with Gasteiger partial charge in [0.2, 0.25) is 0 Å². The molecule has 0 spiro atoms. The maximum Gasteiger partial charge on any atom is 0.129 e. The van der Waals surface area contributed by atoms with Crippen LogP contribution in [0.4, 0.5) is 0 Å². The Bertz CT molecular complexity index is 277. The molecule has 1 heterocycles. The monoisotopic (exact) mass is 184 g/mol. The molecule has 1 aromatic heterocycles. The average molecular weight is 185 g/mol. The molecule has 0 aliphatic heterocycles. The Kier molecular flexibility index (Phi) is 3.17. The Morgan fingerprint density at radius 2 is 2.45 bits per heavy atom. The van der Waals surface area contributed by atoms with Crippen molar-refractivity contribution in [3.8, 4) is 0 Å². The summed E-state index contributed by atoms with van der Waals surface area (Å²) in [6, 6.07) is 3.57. The van der Waals surface area contributed by atoms with Crippen LogP contribution in [0, 0.1) is 0 Å². The summed E-state index contributed by atoms with van der Waals surface area (Å²) in [6.45, 7) is 0.521. The molecule has 0 aromatic carbocycles. The molecule has 56 valence electrons. The first kappa shape index (κ1) is 8.34. The molecule has 11 heavy (non-hydrogen) atoms. The van der Waals surface area contributed by atoms with Crippen molar-refractivity contribution < 1.29 is 0 Å². The van der Waals surface area contributed by atoms with Crippen LogP contribution in [0.5, 0.6) is 0 Å². The number of aliphatic imine (C=N–C) groups is 1. The third kappa shape index (κ3) is 2.76. The number of thiocarbonyl (C=S) groups is 1. The molecule has 0 N–H and O–H groups in total. The van der Waals surface area contributed by atoms with Gasteiger partial charge in [0.05, 0.1) is 11.7 Å². The second-order valence-electron chi connectivity index (χ2n) is 1.90. The highest BCUT2D eigenvalue weighted by atomic mass is 35.5. The molecular formula is C7H5ClN2S. The van der Waals surface area contributed by atoms with Gasteiger partial charge in [-0.2, -0.15) is 0 Å². The number of pyridine rings is 1. The molecule has 0 saturated carbocycles. The third-order valence-electron chi connectivity index (χ3n) is 1.11. The van der Waals surface area contributed by atoms with Gasteiger partial charge in [0, 0.05) is 6.20 Å². The smallest absolute Gasteiger partial charge is 0.129 e. The Hall–Kier alpha value is -0.760. The van der Waals surface area contributed by atoms with E-state index >= 15 is 0 Å². The molecule has 0 bridgehead atoms. The number of hydrogen-bond donors (Lipinski definition) is 0. The van der Waals surface area contributed by atoms with E-state index in [4.69, 9.17) is 11.6 Å². The highest BCUT2D eigenvalue weighted by molar-refractivity contribution is 7.78. The van der Waals surface area contributed by atoms with Crippen molar-refractivity contribution in [3.63, 3.8) is 0 Å². The lowest BCUT2D eigenvalue weighted by Crippen LogP contribution is -1.82. The van der Waals surface area contributed by atoms with E-state index in [0.717, 1.165) is 5.56 Å². The molecule has 1 aromatic rings. The Morgan fingerprint density at radius 1 is 1.64 bits per heavy atom. The predicted molar refractivity (Wildman–Crippen MR) is 48.0 cm³/mol. The predicted octanol–water partition coefficient (Wildman–Crippen LogP) is 2.34. The summed E-state index contributed by atoms with van der Waals surface area (Å²) in [4.78, 5) is 7.63. The van der Waals surface area contributed by atoms with Gasteiger partial charge in [-0.15, -0.1) is 0 Å². The van der Waals surface area contributed by atoms with Crippen molar-refractivity contribution in [1.82, 2.24) is 4.98 Å². The van der Waals surface area contributed by atoms with Crippen LogP contribution in [0.1, 0.15) is 5.56 Å². The SMILES string of the molecule is S=C=NCc1ccc(Cl)nc1. The average Bonchev–Trinajstić information content (AvgIpc) is 2.04. The van der Waals surface area contributed by atoms with E-state index in [0.29, 0.717) is 11.7 Å². The first-order valence-corrected chi connectivity index (χ1v) is 3.75. The van der Waals surface area contributed by atoms with Crippen molar-refractivity contribution in [3.05, 3.63) is 29.0 Å². The van der Waals surface area contributed by atoms with Crippen molar-refractivity contribution in [2.24, 2.45) is 4.99 Å². The van der Waals surface area contributed by atoms with Gasteiger partial charge in [-0.1, -0.05) is 17.7 Å². The van der Waals surface area contributed by atoms with Crippen LogP contribution >= 0.6 is 23.8 Å². The third-order valence-corrected chi connectivity index (χ3v) is 1.47. The number of rotatable bonds is 2. The highest BCUT2D eigenvalue weighted by Crippen LogP contribution is 2.05. The molecule has 4 heteroatoms. The van der Waals surface area contributed by atoms with Gasteiger partial charge in [-0.25, -0.2) is 9.98 Å². The lowest BCUT2D eigenvalue weighted by Gasteiger charge is -1.92. The molecule has 0 radical (unpaired) electrons. The molecule has 0 fully saturated rings. The van der Waals surface area contributed by atoms with Gasteiger partial charge in [0.25, 0.3) is 0 Å². The van der Waals surface area contributed by atoms with Gasteiger partial charge in [0.1, 0.15) is 5.15 Å². The number of hydrogen-bond acceptors (Lipinski definition) is 3. The van der Waals surface area contributed by atoms with Crippen LogP contribution in [0.15, 0.2) is 23.3 Å². The molecule has 0 aliphatic rings. The van der Waals surface area contributed by atoms with E-state index < -0.39 is 0 Å². The zero-order valence-corrected chi connectivity index (χ0v) is 7.19. The molecule has 0 atom stereocenters. The molecule has 2 nitrogen and oxygen atoms in total. The lowest BCUT2D eigenvalue weighted by atomic mass is 10.3. The normalized spacial score (nSPS) is 8.82. The van der Waals surface area contributed by atoms with Crippen LogP contribution in [-0.4, -0.2) is 10.1 Å². The van der Waals surface area contributed by atoms with Gasteiger partial charge >= 0.3 is 0 Å².